The maximum Gasteiger partial charge on any atom is 0.270 e. The molecule has 0 aliphatic carbocycles. The topological polar surface area (TPSA) is 84.4 Å². The lowest BCUT2D eigenvalue weighted by Gasteiger charge is -2.13. The van der Waals surface area contributed by atoms with Gasteiger partial charge in [0, 0.05) is 12.3 Å². The lowest BCUT2D eigenvalue weighted by molar-refractivity contribution is -0.118. The molecule has 1 N–H and O–H groups in total. The molecule has 3 aromatic rings. The number of hydrogen-bond donors (Lipinski definition) is 1. The van der Waals surface area contributed by atoms with Gasteiger partial charge < -0.3 is 4.74 Å². The normalized spacial score (nSPS) is 14.7. The third kappa shape index (κ3) is 5.97. The fraction of sp³-hybridized carbons (Fsp3) is 0.136. The van der Waals surface area contributed by atoms with Crippen molar-refractivity contribution in [2.24, 2.45) is 0 Å². The van der Waals surface area contributed by atoms with Crippen LogP contribution < -0.4 is 15.0 Å². The molecule has 1 fully saturated rings. The standard InChI is InChI=1S/C22H17ClN4O3S3/c23-11-10-19-25-26-21(33-19)24-18(28)13-30-16-8-6-14(7-9-16)12-17-20(29)27(22(31)32-17)15-4-2-1-3-5-15/h1-9,12H,10-11,13H2,(H,24,26,28)/b17-12-. The molecule has 7 nitrogen and oxygen atoms in total. The van der Waals surface area contributed by atoms with Gasteiger partial charge in [0.15, 0.2) is 10.9 Å². The molecule has 2 amide bonds. The zero-order valence-corrected chi connectivity index (χ0v) is 20.3. The third-order valence-electron chi connectivity index (χ3n) is 4.38. The van der Waals surface area contributed by atoms with E-state index >= 15 is 0 Å². The van der Waals surface area contributed by atoms with Gasteiger partial charge in [-0.25, -0.2) is 0 Å². The lowest BCUT2D eigenvalue weighted by Crippen LogP contribution is -2.27. The van der Waals surface area contributed by atoms with E-state index in [4.69, 9.17) is 28.6 Å². The first-order valence-electron chi connectivity index (χ1n) is 9.77. The number of hydrogen-bond acceptors (Lipinski definition) is 8. The Hall–Kier alpha value is -2.79. The van der Waals surface area contributed by atoms with Crippen LogP contribution in [0.15, 0.2) is 59.5 Å². The van der Waals surface area contributed by atoms with Crippen molar-refractivity contribution in [3.63, 3.8) is 0 Å². The molecule has 11 heteroatoms. The second-order valence-corrected chi connectivity index (χ2v) is 9.81. The number of thiocarbonyl (C=S) groups is 1. The number of nitrogens with zero attached hydrogens (tertiary/aromatic N) is 3. The number of aromatic nitrogens is 2. The number of nitrogens with one attached hydrogen (secondary N) is 1. The largest absolute Gasteiger partial charge is 0.484 e. The number of anilines is 2. The van der Waals surface area contributed by atoms with Crippen molar-refractivity contribution >= 4 is 79.9 Å². The molecular formula is C22H17ClN4O3S3. The van der Waals surface area contributed by atoms with Crippen LogP contribution in [0.4, 0.5) is 10.8 Å². The van der Waals surface area contributed by atoms with Gasteiger partial charge in [-0.1, -0.05) is 65.6 Å². The van der Waals surface area contributed by atoms with Crippen LogP contribution in [-0.4, -0.2) is 38.8 Å². The third-order valence-corrected chi connectivity index (χ3v) is 6.77. The quantitative estimate of drug-likeness (QED) is 0.263. The van der Waals surface area contributed by atoms with Crippen molar-refractivity contribution in [1.82, 2.24) is 10.2 Å². The van der Waals surface area contributed by atoms with E-state index < -0.39 is 0 Å². The van der Waals surface area contributed by atoms with Crippen LogP contribution in [0.3, 0.4) is 0 Å². The molecule has 1 aromatic heterocycles. The van der Waals surface area contributed by atoms with Gasteiger partial charge in [0.05, 0.1) is 10.6 Å². The number of carbonyl (C=O) groups excluding carboxylic acids is 2. The summed E-state index contributed by atoms with van der Waals surface area (Å²) in [5.41, 5.74) is 1.57. The summed E-state index contributed by atoms with van der Waals surface area (Å²) in [6, 6.07) is 16.4. The van der Waals surface area contributed by atoms with E-state index in [1.165, 1.54) is 28.0 Å². The summed E-state index contributed by atoms with van der Waals surface area (Å²) in [5.74, 6) is 0.485. The monoisotopic (exact) mass is 516 g/mol. The van der Waals surface area contributed by atoms with Crippen LogP contribution in [0.25, 0.3) is 6.08 Å². The number of halogens is 1. The van der Waals surface area contributed by atoms with Gasteiger partial charge in [0.2, 0.25) is 5.13 Å². The van der Waals surface area contributed by atoms with Gasteiger partial charge in [-0.15, -0.1) is 21.8 Å². The van der Waals surface area contributed by atoms with Crippen LogP contribution >= 0.6 is 46.9 Å². The first-order chi connectivity index (χ1) is 16.0. The second kappa shape index (κ2) is 10.9. The number of alkyl halides is 1. The van der Waals surface area contributed by atoms with E-state index in [9.17, 15) is 9.59 Å². The Labute approximate surface area is 208 Å². The Morgan fingerprint density at radius 2 is 1.91 bits per heavy atom. The molecule has 1 aliphatic rings. The SMILES string of the molecule is O=C(COc1ccc(/C=C2\SC(=S)N(c3ccccc3)C2=O)cc1)Nc1nnc(CCCl)s1. The van der Waals surface area contributed by atoms with E-state index in [1.54, 1.807) is 18.2 Å². The number of benzene rings is 2. The molecule has 2 aromatic carbocycles. The van der Waals surface area contributed by atoms with Gasteiger partial charge in [-0.05, 0) is 35.9 Å². The zero-order chi connectivity index (χ0) is 23.2. The number of aryl methyl sites for hydroxylation is 1. The van der Waals surface area contributed by atoms with E-state index in [-0.39, 0.29) is 18.4 Å². The molecule has 0 bridgehead atoms. The Balaban J connectivity index is 1.33. The first kappa shape index (κ1) is 23.4. The molecule has 0 saturated carbocycles. The highest BCUT2D eigenvalue weighted by molar-refractivity contribution is 8.27. The van der Waals surface area contributed by atoms with Crippen LogP contribution in [0.5, 0.6) is 5.75 Å². The zero-order valence-electron chi connectivity index (χ0n) is 17.1. The summed E-state index contributed by atoms with van der Waals surface area (Å²) in [4.78, 5) is 27.0. The van der Waals surface area contributed by atoms with Crippen LogP contribution in [0.1, 0.15) is 10.6 Å². The van der Waals surface area contributed by atoms with E-state index in [1.807, 2.05) is 42.5 Å². The molecule has 33 heavy (non-hydrogen) atoms. The molecule has 1 saturated heterocycles. The predicted octanol–water partition coefficient (Wildman–Crippen LogP) is 4.74. The van der Waals surface area contributed by atoms with Crippen molar-refractivity contribution < 1.29 is 14.3 Å². The van der Waals surface area contributed by atoms with Crippen molar-refractivity contribution in [3.8, 4) is 5.75 Å². The molecule has 0 radical (unpaired) electrons. The molecule has 2 heterocycles. The molecular weight excluding hydrogens is 500 g/mol. The highest BCUT2D eigenvalue weighted by atomic mass is 35.5. The average molecular weight is 517 g/mol. The number of ether oxygens (including phenoxy) is 1. The number of amides is 2. The summed E-state index contributed by atoms with van der Waals surface area (Å²) in [5, 5.41) is 11.7. The molecule has 0 spiro atoms. The number of thioether (sulfide) groups is 1. The Morgan fingerprint density at radius 3 is 2.64 bits per heavy atom. The van der Waals surface area contributed by atoms with Crippen LogP contribution in [0.2, 0.25) is 0 Å². The fourth-order valence-electron chi connectivity index (χ4n) is 2.87. The minimum atomic E-state index is -0.336. The Morgan fingerprint density at radius 1 is 1.15 bits per heavy atom. The minimum absolute atomic E-state index is 0.154. The lowest BCUT2D eigenvalue weighted by atomic mass is 10.2. The fourth-order valence-corrected chi connectivity index (χ4v) is 5.21. The van der Waals surface area contributed by atoms with Gasteiger partial charge in [-0.2, -0.15) is 0 Å². The Kier molecular flexibility index (Phi) is 7.71. The first-order valence-corrected chi connectivity index (χ1v) is 12.3. The van der Waals surface area contributed by atoms with Crippen molar-refractivity contribution in [2.75, 3.05) is 22.7 Å². The number of rotatable bonds is 8. The summed E-state index contributed by atoms with van der Waals surface area (Å²) in [6.45, 7) is -0.167. The smallest absolute Gasteiger partial charge is 0.270 e. The molecule has 4 rings (SSSR count). The molecule has 1 aliphatic heterocycles. The van der Waals surface area contributed by atoms with E-state index in [2.05, 4.69) is 15.5 Å². The summed E-state index contributed by atoms with van der Waals surface area (Å²) >= 11 is 13.6. The van der Waals surface area contributed by atoms with E-state index in [0.29, 0.717) is 32.4 Å². The molecule has 0 atom stereocenters. The summed E-state index contributed by atoms with van der Waals surface area (Å²) < 4.78 is 6.03. The van der Waals surface area contributed by atoms with Crippen molar-refractivity contribution in [3.05, 3.63) is 70.1 Å². The van der Waals surface area contributed by atoms with Gasteiger partial charge >= 0.3 is 0 Å². The number of carbonyl (C=O) groups is 2. The number of para-hydroxylation sites is 1. The second-order valence-electron chi connectivity index (χ2n) is 6.70. The minimum Gasteiger partial charge on any atom is -0.484 e. The van der Waals surface area contributed by atoms with Gasteiger partial charge in [0.1, 0.15) is 10.8 Å². The maximum absolute atomic E-state index is 12.8. The van der Waals surface area contributed by atoms with Crippen molar-refractivity contribution in [1.29, 1.82) is 0 Å². The summed E-state index contributed by atoms with van der Waals surface area (Å²) in [6.07, 6.45) is 2.39. The Bertz CT molecular complexity index is 1200. The maximum atomic E-state index is 12.8. The van der Waals surface area contributed by atoms with Gasteiger partial charge in [-0.3, -0.25) is 19.8 Å². The summed E-state index contributed by atoms with van der Waals surface area (Å²) in [7, 11) is 0. The van der Waals surface area contributed by atoms with Crippen LogP contribution in [0, 0.1) is 0 Å². The van der Waals surface area contributed by atoms with E-state index in [0.717, 1.165) is 16.3 Å². The predicted molar refractivity (Wildman–Crippen MR) is 137 cm³/mol. The highest BCUT2D eigenvalue weighted by Gasteiger charge is 2.33. The van der Waals surface area contributed by atoms with Gasteiger partial charge in [0.25, 0.3) is 11.8 Å². The average Bonchev–Trinajstić information content (AvgIpc) is 3.37. The molecule has 168 valence electrons. The van der Waals surface area contributed by atoms with Crippen molar-refractivity contribution in [2.45, 2.75) is 6.42 Å². The van der Waals surface area contributed by atoms with Crippen LogP contribution in [-0.2, 0) is 16.0 Å². The highest BCUT2D eigenvalue weighted by Crippen LogP contribution is 2.36. The molecule has 0 unspecified atom stereocenters.